The van der Waals surface area contributed by atoms with Gasteiger partial charge >= 0.3 is 5.97 Å². The topological polar surface area (TPSA) is 106 Å². The van der Waals surface area contributed by atoms with Gasteiger partial charge in [-0.05, 0) is 36.6 Å². The number of ether oxygens (including phenoxy) is 2. The number of hydrogen-bond donors (Lipinski definition) is 2. The Bertz CT molecular complexity index is 985. The smallest absolute Gasteiger partial charge is 0.305 e. The lowest BCUT2D eigenvalue weighted by Crippen LogP contribution is -2.26. The molecular formula is C23H26ClN3O4. The zero-order valence-corrected chi connectivity index (χ0v) is 18.3. The van der Waals surface area contributed by atoms with Crippen molar-refractivity contribution in [2.45, 2.75) is 19.8 Å². The molecule has 31 heavy (non-hydrogen) atoms. The minimum atomic E-state index is -0.250. The maximum absolute atomic E-state index is 13.2. The van der Waals surface area contributed by atoms with E-state index in [1.54, 1.807) is 29.2 Å². The van der Waals surface area contributed by atoms with Gasteiger partial charge in [0.15, 0.2) is 0 Å². The van der Waals surface area contributed by atoms with E-state index in [-0.39, 0.29) is 30.1 Å². The Balaban J connectivity index is 0.00000341. The average Bonchev–Trinajstić information content (AvgIpc) is 3.08. The number of hydrogen-bond acceptors (Lipinski definition) is 5. The average molecular weight is 444 g/mol. The van der Waals surface area contributed by atoms with Crippen molar-refractivity contribution in [2.75, 3.05) is 25.2 Å². The van der Waals surface area contributed by atoms with E-state index in [1.807, 2.05) is 31.2 Å². The lowest BCUT2D eigenvalue weighted by Gasteiger charge is -2.17. The molecule has 0 unspecified atom stereocenters. The molecule has 1 aliphatic rings. The van der Waals surface area contributed by atoms with Gasteiger partial charge in [-0.3, -0.25) is 15.0 Å². The van der Waals surface area contributed by atoms with E-state index >= 15 is 0 Å². The Morgan fingerprint density at radius 3 is 2.32 bits per heavy atom. The van der Waals surface area contributed by atoms with Gasteiger partial charge in [-0.1, -0.05) is 36.4 Å². The van der Waals surface area contributed by atoms with Gasteiger partial charge in [-0.15, -0.1) is 12.4 Å². The number of nitrogen functional groups attached to an aromatic ring is 1. The number of nitrogens with two attached hydrogens (primary N) is 1. The van der Waals surface area contributed by atoms with Crippen molar-refractivity contribution in [2.24, 2.45) is 5.73 Å². The van der Waals surface area contributed by atoms with Crippen LogP contribution in [0.2, 0.25) is 0 Å². The number of benzene rings is 2. The van der Waals surface area contributed by atoms with E-state index in [9.17, 15) is 9.59 Å². The molecule has 8 heteroatoms. The minimum Gasteiger partial charge on any atom is -0.495 e. The fraction of sp³-hybridized carbons (Fsp3) is 0.261. The zero-order valence-electron chi connectivity index (χ0n) is 17.5. The minimum absolute atomic E-state index is 0. The van der Waals surface area contributed by atoms with Gasteiger partial charge in [0.2, 0.25) is 0 Å². The number of amides is 1. The molecule has 2 aromatic rings. The van der Waals surface area contributed by atoms with E-state index in [1.165, 1.54) is 7.11 Å². The summed E-state index contributed by atoms with van der Waals surface area (Å²) in [6.07, 6.45) is 0.895. The number of anilines is 1. The number of nitrogens with one attached hydrogen (secondary N) is 1. The molecule has 3 rings (SSSR count). The fourth-order valence-corrected chi connectivity index (χ4v) is 3.34. The Morgan fingerprint density at radius 2 is 1.77 bits per heavy atom. The van der Waals surface area contributed by atoms with Crippen LogP contribution in [0.3, 0.4) is 0 Å². The Labute approximate surface area is 187 Å². The second-order valence-corrected chi connectivity index (χ2v) is 6.86. The summed E-state index contributed by atoms with van der Waals surface area (Å²) in [5, 5.41) is 7.53. The first-order chi connectivity index (χ1) is 14.4. The maximum Gasteiger partial charge on any atom is 0.305 e. The van der Waals surface area contributed by atoms with Crippen molar-refractivity contribution >= 4 is 41.4 Å². The number of carbonyl (C=O) groups excluding carboxylic acids is 2. The molecule has 1 aliphatic heterocycles. The van der Waals surface area contributed by atoms with Crippen molar-refractivity contribution in [1.82, 2.24) is 0 Å². The van der Waals surface area contributed by atoms with Crippen LogP contribution in [-0.4, -0.2) is 38.0 Å². The highest BCUT2D eigenvalue weighted by Gasteiger charge is 2.33. The van der Waals surface area contributed by atoms with Crippen molar-refractivity contribution in [3.63, 3.8) is 0 Å². The highest BCUT2D eigenvalue weighted by Crippen LogP contribution is 2.32. The van der Waals surface area contributed by atoms with Gasteiger partial charge in [0.05, 0.1) is 25.8 Å². The maximum atomic E-state index is 13.2. The van der Waals surface area contributed by atoms with Crippen LogP contribution in [0.1, 0.15) is 30.0 Å². The summed E-state index contributed by atoms with van der Waals surface area (Å²) in [6.45, 7) is 2.68. The van der Waals surface area contributed by atoms with Gasteiger partial charge in [-0.25, -0.2) is 0 Å². The zero-order chi connectivity index (χ0) is 21.7. The molecule has 0 saturated heterocycles. The van der Waals surface area contributed by atoms with Crippen LogP contribution in [0.25, 0.3) is 5.57 Å². The van der Waals surface area contributed by atoms with Crippen LogP contribution in [0.4, 0.5) is 5.69 Å². The molecule has 164 valence electrons. The molecule has 0 fully saturated rings. The van der Waals surface area contributed by atoms with Crippen LogP contribution < -0.4 is 10.6 Å². The van der Waals surface area contributed by atoms with E-state index in [0.717, 1.165) is 16.8 Å². The predicted molar refractivity (Wildman–Crippen MR) is 122 cm³/mol. The highest BCUT2D eigenvalue weighted by atomic mass is 35.5. The quantitative estimate of drug-likeness (QED) is 0.370. The summed E-state index contributed by atoms with van der Waals surface area (Å²) in [6, 6.07) is 14.6. The van der Waals surface area contributed by atoms with Crippen LogP contribution in [0, 0.1) is 5.41 Å². The molecule has 0 spiro atoms. The number of methoxy groups -OCH3 is 1. The summed E-state index contributed by atoms with van der Waals surface area (Å²) in [7, 11) is 1.37. The van der Waals surface area contributed by atoms with Gasteiger partial charge < -0.3 is 20.1 Å². The van der Waals surface area contributed by atoms with E-state index in [4.69, 9.17) is 15.9 Å². The number of carbonyl (C=O) groups is 2. The van der Waals surface area contributed by atoms with E-state index in [0.29, 0.717) is 42.9 Å². The van der Waals surface area contributed by atoms with Crippen molar-refractivity contribution < 1.29 is 19.1 Å². The molecular weight excluding hydrogens is 418 g/mol. The summed E-state index contributed by atoms with van der Waals surface area (Å²) in [5.74, 6) is 0.205. The Kier molecular flexibility index (Phi) is 8.22. The molecule has 3 N–H and O–H groups in total. The third-order valence-corrected chi connectivity index (χ3v) is 4.94. The number of halogens is 1. The Morgan fingerprint density at radius 1 is 1.13 bits per heavy atom. The summed E-state index contributed by atoms with van der Waals surface area (Å²) in [5.41, 5.74) is 9.12. The van der Waals surface area contributed by atoms with Gasteiger partial charge in [-0.2, -0.15) is 0 Å². The SMILES string of the molecule is CCOC1=C(c2ccc(C(=N)N)cc2)C(=O)N(c2ccc(CCC(=O)OC)cc2)C1.Cl. The molecule has 0 aliphatic carbocycles. The highest BCUT2D eigenvalue weighted by molar-refractivity contribution is 6.29. The van der Waals surface area contributed by atoms with E-state index in [2.05, 4.69) is 4.74 Å². The van der Waals surface area contributed by atoms with Gasteiger partial charge in [0.1, 0.15) is 11.6 Å². The second-order valence-electron chi connectivity index (χ2n) is 6.86. The fourth-order valence-electron chi connectivity index (χ4n) is 3.34. The van der Waals surface area contributed by atoms with Crippen molar-refractivity contribution in [1.29, 1.82) is 5.41 Å². The van der Waals surface area contributed by atoms with Crippen LogP contribution in [0.15, 0.2) is 54.3 Å². The summed E-state index contributed by atoms with van der Waals surface area (Å²) < 4.78 is 10.4. The number of nitrogens with zero attached hydrogens (tertiary/aromatic N) is 1. The first-order valence-electron chi connectivity index (χ1n) is 9.73. The largest absolute Gasteiger partial charge is 0.495 e. The first kappa shape index (κ1) is 24.0. The second kappa shape index (κ2) is 10.6. The normalized spacial score (nSPS) is 13.1. The summed E-state index contributed by atoms with van der Waals surface area (Å²) in [4.78, 5) is 26.2. The molecule has 0 radical (unpaired) electrons. The predicted octanol–water partition coefficient (Wildman–Crippen LogP) is 3.29. The number of esters is 1. The molecule has 0 aromatic heterocycles. The molecule has 1 amide bonds. The van der Waals surface area contributed by atoms with Gasteiger partial charge in [0, 0.05) is 17.7 Å². The Hall–Kier alpha value is -3.32. The number of amidine groups is 1. The number of rotatable bonds is 8. The van der Waals surface area contributed by atoms with Gasteiger partial charge in [0.25, 0.3) is 5.91 Å². The molecule has 0 saturated carbocycles. The number of aryl methyl sites for hydroxylation is 1. The standard InChI is InChI=1S/C23H25N3O4.ClH/c1-3-30-19-14-26(18-11-4-15(5-12-18)6-13-20(27)29-2)23(28)21(19)16-7-9-17(10-8-16)22(24)25;/h4-5,7-12H,3,6,13-14H2,1-2H3,(H3,24,25);1H. The van der Waals surface area contributed by atoms with Crippen LogP contribution in [0.5, 0.6) is 0 Å². The monoisotopic (exact) mass is 443 g/mol. The third-order valence-electron chi connectivity index (χ3n) is 4.94. The molecule has 0 bridgehead atoms. The molecule has 2 aromatic carbocycles. The molecule has 0 atom stereocenters. The summed E-state index contributed by atoms with van der Waals surface area (Å²) >= 11 is 0. The lowest BCUT2D eigenvalue weighted by atomic mass is 10.0. The molecule has 7 nitrogen and oxygen atoms in total. The molecule has 1 heterocycles. The first-order valence-corrected chi connectivity index (χ1v) is 9.73. The van der Waals surface area contributed by atoms with Crippen molar-refractivity contribution in [3.05, 3.63) is 71.0 Å². The van der Waals surface area contributed by atoms with E-state index < -0.39 is 0 Å². The van der Waals surface area contributed by atoms with Crippen molar-refractivity contribution in [3.8, 4) is 0 Å². The van der Waals surface area contributed by atoms with Crippen LogP contribution in [-0.2, 0) is 25.5 Å². The third kappa shape index (κ3) is 5.44. The van der Waals surface area contributed by atoms with Crippen LogP contribution >= 0.6 is 12.4 Å². The lowest BCUT2D eigenvalue weighted by molar-refractivity contribution is -0.140.